The zero-order valence-corrected chi connectivity index (χ0v) is 7.17. The maximum atomic E-state index is 13.0. The van der Waals surface area contributed by atoms with Crippen LogP contribution in [0.3, 0.4) is 0 Å². The molecule has 0 fully saturated rings. The molecule has 68 valence electrons. The lowest BCUT2D eigenvalue weighted by Gasteiger charge is -2.01. The van der Waals surface area contributed by atoms with Crippen molar-refractivity contribution in [1.29, 1.82) is 0 Å². The number of carboxylic acid groups (broad SMARTS) is 1. The lowest BCUT2D eigenvalue weighted by atomic mass is 10.1. The molecular weight excluding hydrogens is 171 g/mol. The zero-order valence-electron chi connectivity index (χ0n) is 7.17. The van der Waals surface area contributed by atoms with E-state index in [0.717, 1.165) is 0 Å². The van der Waals surface area contributed by atoms with Crippen molar-refractivity contribution in [2.45, 2.75) is 6.92 Å². The fourth-order valence-electron chi connectivity index (χ4n) is 0.954. The summed E-state index contributed by atoms with van der Waals surface area (Å²) in [4.78, 5) is 10.4. The molecule has 0 aromatic heterocycles. The normalized spacial score (nSPS) is 9.69. The second kappa shape index (κ2) is 3.39. The highest BCUT2D eigenvalue weighted by Crippen LogP contribution is 2.15. The zero-order chi connectivity index (χ0) is 10.0. The number of hydrogen-bond acceptors (Lipinski definition) is 1. The molecule has 0 aliphatic heterocycles. The molecule has 1 rings (SSSR count). The quantitative estimate of drug-likeness (QED) is 0.759. The second-order valence-corrected chi connectivity index (χ2v) is 2.78. The van der Waals surface area contributed by atoms with Gasteiger partial charge in [-0.3, -0.25) is 0 Å². The highest BCUT2D eigenvalue weighted by Gasteiger charge is 2.09. The molecule has 2 nitrogen and oxygen atoms in total. The maximum Gasteiger partial charge on any atom is 0.338 e. The van der Waals surface area contributed by atoms with Crippen molar-refractivity contribution in [3.63, 3.8) is 0 Å². The van der Waals surface area contributed by atoms with Crippen LogP contribution in [0.25, 0.3) is 5.57 Å². The van der Waals surface area contributed by atoms with Gasteiger partial charge >= 0.3 is 5.97 Å². The SMILES string of the molecule is C=C(C)c1ccc(C(=O)O)c(F)c1. The fourth-order valence-corrected chi connectivity index (χ4v) is 0.954. The van der Waals surface area contributed by atoms with E-state index in [9.17, 15) is 9.18 Å². The first kappa shape index (κ1) is 9.45. The van der Waals surface area contributed by atoms with Crippen LogP contribution in [0.4, 0.5) is 4.39 Å². The molecule has 1 aromatic carbocycles. The minimum Gasteiger partial charge on any atom is -0.478 e. The van der Waals surface area contributed by atoms with Gasteiger partial charge in [0.1, 0.15) is 5.82 Å². The van der Waals surface area contributed by atoms with E-state index in [2.05, 4.69) is 6.58 Å². The smallest absolute Gasteiger partial charge is 0.338 e. The molecule has 0 aliphatic carbocycles. The molecule has 13 heavy (non-hydrogen) atoms. The molecule has 0 saturated carbocycles. The number of hydrogen-bond donors (Lipinski definition) is 1. The van der Waals surface area contributed by atoms with Gasteiger partial charge in [-0.15, -0.1) is 0 Å². The maximum absolute atomic E-state index is 13.0. The standard InChI is InChI=1S/C10H9FO2/c1-6(2)7-3-4-8(10(12)13)9(11)5-7/h3-5H,1H2,2H3,(H,12,13). The predicted molar refractivity (Wildman–Crippen MR) is 48.1 cm³/mol. The molecule has 3 heteroatoms. The van der Waals surface area contributed by atoms with Gasteiger partial charge in [-0.2, -0.15) is 0 Å². The number of rotatable bonds is 2. The van der Waals surface area contributed by atoms with Crippen LogP contribution in [-0.4, -0.2) is 11.1 Å². The molecule has 0 unspecified atom stereocenters. The van der Waals surface area contributed by atoms with Gasteiger partial charge in [-0.05, 0) is 24.6 Å². The average Bonchev–Trinajstić information content (AvgIpc) is 2.03. The van der Waals surface area contributed by atoms with Gasteiger partial charge < -0.3 is 5.11 Å². The van der Waals surface area contributed by atoms with E-state index in [-0.39, 0.29) is 5.56 Å². The summed E-state index contributed by atoms with van der Waals surface area (Å²) in [6, 6.07) is 3.95. The average molecular weight is 180 g/mol. The van der Waals surface area contributed by atoms with Crippen LogP contribution >= 0.6 is 0 Å². The Balaban J connectivity index is 3.20. The Labute approximate surface area is 75.3 Å². The molecule has 0 heterocycles. The van der Waals surface area contributed by atoms with Gasteiger partial charge in [-0.25, -0.2) is 9.18 Å². The molecule has 0 aliphatic rings. The van der Waals surface area contributed by atoms with E-state index in [0.29, 0.717) is 11.1 Å². The molecule has 0 saturated heterocycles. The van der Waals surface area contributed by atoms with Crippen molar-refractivity contribution >= 4 is 11.5 Å². The van der Waals surface area contributed by atoms with Crippen LogP contribution < -0.4 is 0 Å². The van der Waals surface area contributed by atoms with Gasteiger partial charge in [-0.1, -0.05) is 18.2 Å². The number of aromatic carboxylic acids is 1. The number of carboxylic acids is 1. The summed E-state index contributed by atoms with van der Waals surface area (Å²) in [5.41, 5.74) is 1.00. The first-order valence-corrected chi connectivity index (χ1v) is 3.71. The third-order valence-corrected chi connectivity index (χ3v) is 1.69. The molecule has 0 amide bonds. The van der Waals surface area contributed by atoms with Crippen LogP contribution in [0.15, 0.2) is 24.8 Å². The van der Waals surface area contributed by atoms with Crippen molar-refractivity contribution in [3.8, 4) is 0 Å². The molecule has 1 N–H and O–H groups in total. The predicted octanol–water partition coefficient (Wildman–Crippen LogP) is 2.56. The minimum absolute atomic E-state index is 0.315. The Kier molecular flexibility index (Phi) is 2.46. The van der Waals surface area contributed by atoms with Gasteiger partial charge in [0.05, 0.1) is 5.56 Å². The summed E-state index contributed by atoms with van der Waals surface area (Å²) in [6.07, 6.45) is 0. The third kappa shape index (κ3) is 1.93. The first-order valence-electron chi connectivity index (χ1n) is 3.71. The topological polar surface area (TPSA) is 37.3 Å². The highest BCUT2D eigenvalue weighted by molar-refractivity contribution is 5.88. The van der Waals surface area contributed by atoms with E-state index in [1.165, 1.54) is 18.2 Å². The van der Waals surface area contributed by atoms with Crippen LogP contribution in [0.1, 0.15) is 22.8 Å². The van der Waals surface area contributed by atoms with Gasteiger partial charge in [0.2, 0.25) is 0 Å². The number of benzene rings is 1. The first-order chi connectivity index (χ1) is 6.02. The monoisotopic (exact) mass is 180 g/mol. The number of allylic oxidation sites excluding steroid dienone is 1. The highest BCUT2D eigenvalue weighted by atomic mass is 19.1. The summed E-state index contributed by atoms with van der Waals surface area (Å²) in [7, 11) is 0. The molecule has 1 aromatic rings. The van der Waals surface area contributed by atoms with E-state index < -0.39 is 11.8 Å². The lowest BCUT2D eigenvalue weighted by molar-refractivity contribution is 0.0692. The van der Waals surface area contributed by atoms with Crippen molar-refractivity contribution in [1.82, 2.24) is 0 Å². The van der Waals surface area contributed by atoms with Crippen molar-refractivity contribution in [2.75, 3.05) is 0 Å². The Morgan fingerprint density at radius 2 is 2.15 bits per heavy atom. The Hall–Kier alpha value is -1.64. The number of carbonyl (C=O) groups is 1. The minimum atomic E-state index is -1.26. The van der Waals surface area contributed by atoms with Crippen molar-refractivity contribution < 1.29 is 14.3 Å². The molecule has 0 spiro atoms. The van der Waals surface area contributed by atoms with E-state index in [4.69, 9.17) is 5.11 Å². The van der Waals surface area contributed by atoms with Crippen molar-refractivity contribution in [2.24, 2.45) is 0 Å². The lowest BCUT2D eigenvalue weighted by Crippen LogP contribution is -2.00. The third-order valence-electron chi connectivity index (χ3n) is 1.69. The van der Waals surface area contributed by atoms with Crippen LogP contribution in [0.2, 0.25) is 0 Å². The summed E-state index contributed by atoms with van der Waals surface area (Å²) in [6.45, 7) is 5.36. The Morgan fingerprint density at radius 1 is 1.54 bits per heavy atom. The van der Waals surface area contributed by atoms with Gasteiger partial charge in [0.15, 0.2) is 0 Å². The number of halogens is 1. The van der Waals surface area contributed by atoms with Gasteiger partial charge in [0, 0.05) is 0 Å². The molecule has 0 bridgehead atoms. The van der Waals surface area contributed by atoms with Crippen LogP contribution in [0.5, 0.6) is 0 Å². The molecule has 0 atom stereocenters. The van der Waals surface area contributed by atoms with E-state index in [1.54, 1.807) is 6.92 Å². The van der Waals surface area contributed by atoms with Crippen LogP contribution in [-0.2, 0) is 0 Å². The fraction of sp³-hybridized carbons (Fsp3) is 0.100. The van der Waals surface area contributed by atoms with E-state index >= 15 is 0 Å². The van der Waals surface area contributed by atoms with Crippen molar-refractivity contribution in [3.05, 3.63) is 41.7 Å². The van der Waals surface area contributed by atoms with E-state index in [1.807, 2.05) is 0 Å². The molecule has 0 radical (unpaired) electrons. The Morgan fingerprint density at radius 3 is 2.54 bits per heavy atom. The summed E-state index contributed by atoms with van der Waals surface area (Å²) >= 11 is 0. The summed E-state index contributed by atoms with van der Waals surface area (Å²) in [5, 5.41) is 8.53. The van der Waals surface area contributed by atoms with Crippen LogP contribution in [0, 0.1) is 5.82 Å². The Bertz CT molecular complexity index is 369. The molecular formula is C10H9FO2. The second-order valence-electron chi connectivity index (χ2n) is 2.78. The summed E-state index contributed by atoms with van der Waals surface area (Å²) < 4.78 is 13.0. The van der Waals surface area contributed by atoms with Gasteiger partial charge in [0.25, 0.3) is 0 Å². The summed E-state index contributed by atoms with van der Waals surface area (Å²) in [5.74, 6) is -1.99. The largest absolute Gasteiger partial charge is 0.478 e.